The number of carbonyl (C=O) groups is 1. The van der Waals surface area contributed by atoms with Gasteiger partial charge >= 0.3 is 0 Å². The zero-order chi connectivity index (χ0) is 18.7. The third-order valence-corrected chi connectivity index (χ3v) is 4.65. The Hall–Kier alpha value is -3.09. The Morgan fingerprint density at radius 3 is 2.85 bits per heavy atom. The van der Waals surface area contributed by atoms with Gasteiger partial charge in [0.15, 0.2) is 0 Å². The van der Waals surface area contributed by atoms with E-state index in [1.54, 1.807) is 0 Å². The van der Waals surface area contributed by atoms with Gasteiger partial charge in [-0.05, 0) is 37.5 Å². The minimum absolute atomic E-state index is 0.0993. The summed E-state index contributed by atoms with van der Waals surface area (Å²) >= 11 is 0. The first-order valence-corrected chi connectivity index (χ1v) is 8.46. The van der Waals surface area contributed by atoms with Crippen LogP contribution in [0.3, 0.4) is 0 Å². The van der Waals surface area contributed by atoms with E-state index in [9.17, 15) is 14.9 Å². The summed E-state index contributed by atoms with van der Waals surface area (Å²) in [7, 11) is 1.46. The molecule has 26 heavy (non-hydrogen) atoms. The number of anilines is 2. The molecule has 3 rings (SSSR count). The Morgan fingerprint density at radius 2 is 2.12 bits per heavy atom. The molecule has 7 heteroatoms. The van der Waals surface area contributed by atoms with Crippen molar-refractivity contribution in [2.75, 3.05) is 23.9 Å². The SMILES string of the molecule is COc1ccc([N+](=O)[O-])cc1NC(=O)CN1c2ccccc2CC[C@H]1C. The molecular formula is C19H21N3O4. The fourth-order valence-electron chi connectivity index (χ4n) is 3.25. The molecule has 0 saturated heterocycles. The molecule has 1 amide bonds. The first-order chi connectivity index (χ1) is 12.5. The predicted octanol–water partition coefficient (Wildman–Crippen LogP) is 3.38. The van der Waals surface area contributed by atoms with Gasteiger partial charge < -0.3 is 15.0 Å². The normalized spacial score (nSPS) is 15.9. The van der Waals surface area contributed by atoms with Crippen molar-refractivity contribution in [2.24, 2.45) is 0 Å². The molecular weight excluding hydrogens is 334 g/mol. The quantitative estimate of drug-likeness (QED) is 0.656. The molecule has 0 aromatic heterocycles. The van der Waals surface area contributed by atoms with Crippen molar-refractivity contribution in [3.05, 3.63) is 58.1 Å². The second-order valence-electron chi connectivity index (χ2n) is 6.33. The number of non-ortho nitro benzene ring substituents is 1. The number of nitro groups is 1. The van der Waals surface area contributed by atoms with Crippen LogP contribution in [0.5, 0.6) is 5.75 Å². The summed E-state index contributed by atoms with van der Waals surface area (Å²) in [6.07, 6.45) is 1.97. The number of fused-ring (bicyclic) bond motifs is 1. The zero-order valence-electron chi connectivity index (χ0n) is 14.8. The van der Waals surface area contributed by atoms with E-state index in [2.05, 4.69) is 23.2 Å². The van der Waals surface area contributed by atoms with Gasteiger partial charge in [0.1, 0.15) is 5.75 Å². The lowest BCUT2D eigenvalue weighted by Gasteiger charge is -2.36. The van der Waals surface area contributed by atoms with Crippen LogP contribution in [0.1, 0.15) is 18.9 Å². The maximum absolute atomic E-state index is 12.6. The summed E-state index contributed by atoms with van der Waals surface area (Å²) in [6, 6.07) is 12.4. The maximum atomic E-state index is 12.6. The first-order valence-electron chi connectivity index (χ1n) is 8.46. The summed E-state index contributed by atoms with van der Waals surface area (Å²) in [5.74, 6) is 0.142. The van der Waals surface area contributed by atoms with E-state index in [0.29, 0.717) is 11.4 Å². The molecule has 1 atom stereocenters. The zero-order valence-corrected chi connectivity index (χ0v) is 14.8. The van der Waals surface area contributed by atoms with Crippen LogP contribution in [-0.2, 0) is 11.2 Å². The molecule has 0 fully saturated rings. The van der Waals surface area contributed by atoms with Crippen molar-refractivity contribution in [3.8, 4) is 5.75 Å². The van der Waals surface area contributed by atoms with Gasteiger partial charge in [0, 0.05) is 23.9 Å². The third kappa shape index (κ3) is 3.61. The first kappa shape index (κ1) is 17.7. The number of benzene rings is 2. The monoisotopic (exact) mass is 355 g/mol. The number of carbonyl (C=O) groups excluding carboxylic acids is 1. The minimum Gasteiger partial charge on any atom is -0.495 e. The lowest BCUT2D eigenvalue weighted by Crippen LogP contribution is -2.42. The number of ether oxygens (including phenoxy) is 1. The Morgan fingerprint density at radius 1 is 1.35 bits per heavy atom. The average Bonchev–Trinajstić information content (AvgIpc) is 2.64. The smallest absolute Gasteiger partial charge is 0.271 e. The van der Waals surface area contributed by atoms with E-state index in [1.165, 1.54) is 30.9 Å². The average molecular weight is 355 g/mol. The second-order valence-corrected chi connectivity index (χ2v) is 6.33. The molecule has 2 aromatic rings. The van der Waals surface area contributed by atoms with Crippen LogP contribution in [-0.4, -0.2) is 30.5 Å². The summed E-state index contributed by atoms with van der Waals surface area (Å²) in [5.41, 5.74) is 2.49. The number of nitrogens with zero attached hydrogens (tertiary/aromatic N) is 2. The van der Waals surface area contributed by atoms with Crippen molar-refractivity contribution in [1.29, 1.82) is 0 Å². The van der Waals surface area contributed by atoms with Gasteiger partial charge in [0.25, 0.3) is 5.69 Å². The van der Waals surface area contributed by atoms with Gasteiger partial charge in [0.2, 0.25) is 5.91 Å². The van der Waals surface area contributed by atoms with E-state index >= 15 is 0 Å². The number of nitrogens with one attached hydrogen (secondary N) is 1. The summed E-state index contributed by atoms with van der Waals surface area (Å²) in [4.78, 5) is 25.2. The number of hydrogen-bond donors (Lipinski definition) is 1. The molecule has 1 aliphatic rings. The number of nitro benzene ring substituents is 1. The van der Waals surface area contributed by atoms with Crippen LogP contribution >= 0.6 is 0 Å². The highest BCUT2D eigenvalue weighted by Gasteiger charge is 2.25. The van der Waals surface area contributed by atoms with Gasteiger partial charge in [-0.15, -0.1) is 0 Å². The Bertz CT molecular complexity index is 837. The highest BCUT2D eigenvalue weighted by atomic mass is 16.6. The standard InChI is InChI=1S/C19H21N3O4/c1-13-7-8-14-5-3-4-6-17(14)21(13)12-19(23)20-16-11-15(22(24)25)9-10-18(16)26-2/h3-6,9-11,13H,7-8,12H2,1-2H3,(H,20,23)/t13-/m1/s1. The third-order valence-electron chi connectivity index (χ3n) is 4.65. The largest absolute Gasteiger partial charge is 0.495 e. The fourth-order valence-corrected chi connectivity index (χ4v) is 3.25. The molecule has 0 aliphatic carbocycles. The molecule has 7 nitrogen and oxygen atoms in total. The predicted molar refractivity (Wildman–Crippen MR) is 99.8 cm³/mol. The summed E-state index contributed by atoms with van der Waals surface area (Å²) < 4.78 is 5.20. The van der Waals surface area contributed by atoms with Gasteiger partial charge in [-0.1, -0.05) is 18.2 Å². The Balaban J connectivity index is 1.79. The van der Waals surface area contributed by atoms with Crippen LogP contribution in [0.4, 0.5) is 17.1 Å². The number of rotatable bonds is 5. The van der Waals surface area contributed by atoms with Crippen LogP contribution in [0, 0.1) is 10.1 Å². The summed E-state index contributed by atoms with van der Waals surface area (Å²) in [6.45, 7) is 2.27. The molecule has 0 saturated carbocycles. The van der Waals surface area contributed by atoms with Crippen molar-refractivity contribution < 1.29 is 14.5 Å². The Labute approximate surface area is 151 Å². The molecule has 0 spiro atoms. The fraction of sp³-hybridized carbons (Fsp3) is 0.316. The molecule has 0 unspecified atom stereocenters. The van der Waals surface area contributed by atoms with Gasteiger partial charge in [-0.3, -0.25) is 14.9 Å². The van der Waals surface area contributed by atoms with E-state index in [0.717, 1.165) is 18.5 Å². The number of amides is 1. The van der Waals surface area contributed by atoms with Crippen LogP contribution in [0.15, 0.2) is 42.5 Å². The lowest BCUT2D eigenvalue weighted by molar-refractivity contribution is -0.384. The number of aryl methyl sites for hydroxylation is 1. The van der Waals surface area contributed by atoms with E-state index in [1.807, 2.05) is 18.2 Å². The van der Waals surface area contributed by atoms with Crippen molar-refractivity contribution in [2.45, 2.75) is 25.8 Å². The molecule has 2 aromatic carbocycles. The van der Waals surface area contributed by atoms with Crippen LogP contribution in [0.25, 0.3) is 0 Å². The molecule has 1 N–H and O–H groups in total. The maximum Gasteiger partial charge on any atom is 0.271 e. The molecule has 0 bridgehead atoms. The van der Waals surface area contributed by atoms with E-state index < -0.39 is 4.92 Å². The molecule has 0 radical (unpaired) electrons. The molecule has 1 heterocycles. The number of para-hydroxylation sites is 1. The Kier molecular flexibility index (Phi) is 5.06. The van der Waals surface area contributed by atoms with Gasteiger partial charge in [0.05, 0.1) is 24.3 Å². The number of methoxy groups -OCH3 is 1. The molecule has 136 valence electrons. The van der Waals surface area contributed by atoms with E-state index in [-0.39, 0.29) is 24.2 Å². The van der Waals surface area contributed by atoms with Crippen molar-refractivity contribution in [3.63, 3.8) is 0 Å². The second kappa shape index (κ2) is 7.43. The number of hydrogen-bond acceptors (Lipinski definition) is 5. The minimum atomic E-state index is -0.502. The lowest BCUT2D eigenvalue weighted by atomic mass is 9.96. The highest BCUT2D eigenvalue weighted by molar-refractivity contribution is 5.96. The van der Waals surface area contributed by atoms with E-state index in [4.69, 9.17) is 4.74 Å². The summed E-state index contributed by atoms with van der Waals surface area (Å²) in [5, 5.41) is 13.7. The van der Waals surface area contributed by atoms with Gasteiger partial charge in [-0.25, -0.2) is 0 Å². The highest BCUT2D eigenvalue weighted by Crippen LogP contribution is 2.31. The van der Waals surface area contributed by atoms with Crippen LogP contribution in [0.2, 0.25) is 0 Å². The van der Waals surface area contributed by atoms with Crippen LogP contribution < -0.4 is 15.0 Å². The van der Waals surface area contributed by atoms with Gasteiger partial charge in [-0.2, -0.15) is 0 Å². The topological polar surface area (TPSA) is 84.7 Å². The van der Waals surface area contributed by atoms with Crippen molar-refractivity contribution >= 4 is 23.0 Å². The molecule has 1 aliphatic heterocycles. The van der Waals surface area contributed by atoms with Crippen molar-refractivity contribution in [1.82, 2.24) is 0 Å².